The van der Waals surface area contributed by atoms with Crippen LogP contribution in [0.5, 0.6) is 5.75 Å². The Bertz CT molecular complexity index is 992. The van der Waals surface area contributed by atoms with Crippen LogP contribution in [-0.4, -0.2) is 74.9 Å². The molecule has 0 aromatic heterocycles. The van der Waals surface area contributed by atoms with Gasteiger partial charge in [-0.05, 0) is 49.4 Å². The third-order valence-corrected chi connectivity index (χ3v) is 10.8. The van der Waals surface area contributed by atoms with E-state index in [0.717, 1.165) is 6.42 Å². The maximum Gasteiger partial charge on any atom is 0.248 e. The molecule has 1 aromatic carbocycles. The van der Waals surface area contributed by atoms with E-state index >= 15 is 0 Å². The predicted octanol–water partition coefficient (Wildman–Crippen LogP) is 3.03. The second kappa shape index (κ2) is 10.9. The van der Waals surface area contributed by atoms with E-state index < -0.39 is 28.7 Å². The Hall–Kier alpha value is -1.78. The number of fused-ring (bicyclic) bond motifs is 1. The van der Waals surface area contributed by atoms with Gasteiger partial charge in [0.25, 0.3) is 0 Å². The molecule has 1 spiro atoms. The summed E-state index contributed by atoms with van der Waals surface area (Å²) in [5.41, 5.74) is 0.600. The molecule has 3 fully saturated rings. The zero-order valence-electron chi connectivity index (χ0n) is 21.2. The summed E-state index contributed by atoms with van der Waals surface area (Å²) in [7, 11) is 1.58. The van der Waals surface area contributed by atoms with Crippen molar-refractivity contribution >= 4 is 51.1 Å². The molecule has 10 heteroatoms. The summed E-state index contributed by atoms with van der Waals surface area (Å²) in [6.45, 7) is 6.36. The molecule has 2 bridgehead atoms. The molecule has 3 N–H and O–H groups in total. The first-order chi connectivity index (χ1) is 17.2. The predicted molar refractivity (Wildman–Crippen MR) is 144 cm³/mol. The van der Waals surface area contributed by atoms with Crippen molar-refractivity contribution in [3.63, 3.8) is 0 Å². The van der Waals surface area contributed by atoms with Gasteiger partial charge in [-0.3, -0.25) is 14.4 Å². The third-order valence-electron chi connectivity index (χ3n) is 7.53. The Labute approximate surface area is 225 Å². The summed E-state index contributed by atoms with van der Waals surface area (Å²) in [5, 5.41) is 16.2. The van der Waals surface area contributed by atoms with Gasteiger partial charge >= 0.3 is 0 Å². The highest BCUT2D eigenvalue weighted by Crippen LogP contribution is 2.68. The summed E-state index contributed by atoms with van der Waals surface area (Å²) >= 11 is 5.37. The first-order valence-electron chi connectivity index (χ1n) is 12.7. The molecule has 0 aliphatic carbocycles. The second-order valence-electron chi connectivity index (χ2n) is 10.4. The SMILES string of the molecule is CCCNC(=O)[C@H]1[C@H]2C(=O)N([C@@H](CO)CC(C)C)C(C(=O)Nc3ccc(OC)cc3)C23CC(Br)[C@@H]1S3. The van der Waals surface area contributed by atoms with E-state index in [1.807, 2.05) is 20.8 Å². The first kappa shape index (κ1) is 27.3. The lowest BCUT2D eigenvalue weighted by molar-refractivity contribution is -0.142. The van der Waals surface area contributed by atoms with Crippen molar-refractivity contribution < 1.29 is 24.2 Å². The highest BCUT2D eigenvalue weighted by atomic mass is 79.9. The van der Waals surface area contributed by atoms with Crippen LogP contribution in [0, 0.1) is 17.8 Å². The summed E-state index contributed by atoms with van der Waals surface area (Å²) in [4.78, 5) is 43.0. The van der Waals surface area contributed by atoms with Crippen molar-refractivity contribution in [1.29, 1.82) is 0 Å². The zero-order chi connectivity index (χ0) is 26.2. The fourth-order valence-electron chi connectivity index (χ4n) is 6.13. The van der Waals surface area contributed by atoms with Crippen molar-refractivity contribution in [1.82, 2.24) is 10.2 Å². The molecule has 8 nitrogen and oxygen atoms in total. The van der Waals surface area contributed by atoms with Crippen LogP contribution in [0.3, 0.4) is 0 Å². The number of ether oxygens (including phenoxy) is 1. The van der Waals surface area contributed by atoms with Crippen LogP contribution in [0.2, 0.25) is 0 Å². The number of anilines is 1. The maximum absolute atomic E-state index is 14.1. The standard InChI is InChI=1S/C26H36BrN3O5S/c1-5-10-28-23(32)19-20-25(34)30(16(13-31)11-14(2)3)22(26(20)12-18(27)21(19)36-26)24(33)29-15-6-8-17(35-4)9-7-15/h6-9,14,16,18-22,31H,5,10-13H2,1-4H3,(H,28,32)(H,29,33)/t16-,18?,19+,20+,21+,22?,26?/m1/s1. The van der Waals surface area contributed by atoms with Gasteiger partial charge in [-0.2, -0.15) is 0 Å². The number of carbonyl (C=O) groups excluding carboxylic acids is 3. The topological polar surface area (TPSA) is 108 Å². The number of nitrogens with one attached hydrogen (secondary N) is 2. The molecule has 3 heterocycles. The monoisotopic (exact) mass is 581 g/mol. The molecule has 0 radical (unpaired) electrons. The number of nitrogens with zero attached hydrogens (tertiary/aromatic N) is 1. The highest BCUT2D eigenvalue weighted by Gasteiger charge is 2.76. The van der Waals surface area contributed by atoms with E-state index in [-0.39, 0.29) is 40.3 Å². The number of amides is 3. The third kappa shape index (κ3) is 4.65. The minimum Gasteiger partial charge on any atom is -0.497 e. The quantitative estimate of drug-likeness (QED) is 0.366. The van der Waals surface area contributed by atoms with Crippen LogP contribution in [0.15, 0.2) is 24.3 Å². The van der Waals surface area contributed by atoms with E-state index in [2.05, 4.69) is 26.6 Å². The maximum atomic E-state index is 14.1. The van der Waals surface area contributed by atoms with Gasteiger partial charge in [-0.1, -0.05) is 36.7 Å². The minimum atomic E-state index is -0.799. The number of aliphatic hydroxyl groups excluding tert-OH is 1. The summed E-state index contributed by atoms with van der Waals surface area (Å²) < 4.78 is 4.47. The molecular formula is C26H36BrN3O5S. The minimum absolute atomic E-state index is 0.0119. The number of halogens is 1. The Morgan fingerprint density at radius 1 is 1.28 bits per heavy atom. The number of hydrogen-bond donors (Lipinski definition) is 3. The van der Waals surface area contributed by atoms with Gasteiger partial charge in [0.1, 0.15) is 11.8 Å². The van der Waals surface area contributed by atoms with Crippen LogP contribution < -0.4 is 15.4 Å². The fraction of sp³-hybridized carbons (Fsp3) is 0.654. The van der Waals surface area contributed by atoms with E-state index in [0.29, 0.717) is 30.8 Å². The van der Waals surface area contributed by atoms with Crippen molar-refractivity contribution in [2.24, 2.45) is 17.8 Å². The number of aliphatic hydroxyl groups is 1. The molecule has 1 aromatic rings. The smallest absolute Gasteiger partial charge is 0.248 e. The van der Waals surface area contributed by atoms with Crippen molar-refractivity contribution in [3.05, 3.63) is 24.3 Å². The largest absolute Gasteiger partial charge is 0.497 e. The van der Waals surface area contributed by atoms with Gasteiger partial charge in [-0.25, -0.2) is 0 Å². The number of carbonyl (C=O) groups is 3. The summed E-state index contributed by atoms with van der Waals surface area (Å²) in [5.74, 6) is -0.849. The second-order valence-corrected chi connectivity index (χ2v) is 13.1. The number of hydrogen-bond acceptors (Lipinski definition) is 6. The molecule has 0 saturated carbocycles. The number of rotatable bonds is 10. The van der Waals surface area contributed by atoms with Crippen LogP contribution >= 0.6 is 27.7 Å². The normalized spacial score (nSPS) is 31.5. The van der Waals surface area contributed by atoms with Crippen molar-refractivity contribution in [3.8, 4) is 5.75 Å². The van der Waals surface area contributed by atoms with Gasteiger partial charge in [-0.15, -0.1) is 11.8 Å². The van der Waals surface area contributed by atoms with Gasteiger partial charge in [0, 0.05) is 22.3 Å². The van der Waals surface area contributed by atoms with E-state index in [1.165, 1.54) is 0 Å². The number of methoxy groups -OCH3 is 1. The first-order valence-corrected chi connectivity index (χ1v) is 14.5. The number of thioether (sulfide) groups is 1. The number of likely N-dealkylation sites (tertiary alicyclic amines) is 1. The fourth-order valence-corrected chi connectivity index (χ4v) is 9.73. The van der Waals surface area contributed by atoms with Gasteiger partial charge < -0.3 is 25.4 Å². The molecule has 3 amide bonds. The lowest BCUT2D eigenvalue weighted by Gasteiger charge is -2.37. The summed E-state index contributed by atoms with van der Waals surface area (Å²) in [6, 6.07) is 5.75. The molecule has 7 atom stereocenters. The molecule has 3 unspecified atom stereocenters. The van der Waals surface area contributed by atoms with Gasteiger partial charge in [0.05, 0.1) is 36.3 Å². The lowest BCUT2D eigenvalue weighted by atomic mass is 9.70. The van der Waals surface area contributed by atoms with Crippen LogP contribution in [0.25, 0.3) is 0 Å². The average Bonchev–Trinajstić information content (AvgIpc) is 3.44. The molecule has 3 saturated heterocycles. The van der Waals surface area contributed by atoms with Crippen LogP contribution in [0.4, 0.5) is 5.69 Å². The zero-order valence-corrected chi connectivity index (χ0v) is 23.6. The number of alkyl halides is 1. The highest BCUT2D eigenvalue weighted by molar-refractivity contribution is 9.09. The van der Waals surface area contributed by atoms with Crippen LogP contribution in [-0.2, 0) is 14.4 Å². The average molecular weight is 583 g/mol. The lowest BCUT2D eigenvalue weighted by Crippen LogP contribution is -2.55. The van der Waals surface area contributed by atoms with Gasteiger partial charge in [0.15, 0.2) is 0 Å². The van der Waals surface area contributed by atoms with E-state index in [9.17, 15) is 19.5 Å². The van der Waals surface area contributed by atoms with Crippen LogP contribution in [0.1, 0.15) is 40.0 Å². The van der Waals surface area contributed by atoms with Gasteiger partial charge in [0.2, 0.25) is 17.7 Å². The molecule has 3 aliphatic rings. The van der Waals surface area contributed by atoms with E-state index in [4.69, 9.17) is 4.74 Å². The Morgan fingerprint density at radius 3 is 2.56 bits per heavy atom. The Kier molecular flexibility index (Phi) is 8.26. The molecule has 4 rings (SSSR count). The summed E-state index contributed by atoms with van der Waals surface area (Å²) in [6.07, 6.45) is 1.97. The van der Waals surface area contributed by atoms with Crippen molar-refractivity contribution in [2.75, 3.05) is 25.6 Å². The Morgan fingerprint density at radius 2 is 1.97 bits per heavy atom. The van der Waals surface area contributed by atoms with E-state index in [1.54, 1.807) is 48.0 Å². The molecular weight excluding hydrogens is 546 g/mol. The molecule has 36 heavy (non-hydrogen) atoms. The molecule has 198 valence electrons. The van der Waals surface area contributed by atoms with Crippen molar-refractivity contribution in [2.45, 2.75) is 66.9 Å². The Balaban J connectivity index is 1.73. The molecule has 3 aliphatic heterocycles. The number of benzene rings is 1.